The van der Waals surface area contributed by atoms with Gasteiger partial charge in [-0.1, -0.05) is 46.5 Å². The zero-order valence-electron chi connectivity index (χ0n) is 11.3. The Hall–Kier alpha value is 0. The molecule has 0 nitrogen and oxygen atoms in total. The zero-order chi connectivity index (χ0) is 11.3. The van der Waals surface area contributed by atoms with Gasteiger partial charge in [-0.25, -0.2) is 0 Å². The van der Waals surface area contributed by atoms with Gasteiger partial charge in [0.05, 0.1) is 0 Å². The Morgan fingerprint density at radius 3 is 1.50 bits per heavy atom. The largest absolute Gasteiger partial charge is 0.0622 e. The predicted octanol–water partition coefficient (Wildman–Crippen LogP) is 4.74. The molecule has 0 aliphatic heterocycles. The Kier molecular flexibility index (Phi) is 2.80. The van der Waals surface area contributed by atoms with E-state index in [1.165, 1.54) is 25.7 Å². The second-order valence-corrected chi connectivity index (χ2v) is 7.16. The second kappa shape index (κ2) is 4.03. The lowest BCUT2D eigenvalue weighted by Gasteiger charge is -2.40. The highest BCUT2D eigenvalue weighted by atomic mass is 14.6. The standard InChI is InChI=1S/C16H28/c1-10-6-4-8-13-12(3)14-9-5-7-11(2)16(14)15(10)13/h10-16H,4-9H2,1-3H3. The van der Waals surface area contributed by atoms with Gasteiger partial charge in [-0.15, -0.1) is 0 Å². The maximum Gasteiger partial charge on any atom is -0.0324 e. The van der Waals surface area contributed by atoms with Crippen LogP contribution >= 0.6 is 0 Å². The molecule has 0 saturated heterocycles. The Morgan fingerprint density at radius 1 is 0.625 bits per heavy atom. The zero-order valence-corrected chi connectivity index (χ0v) is 11.3. The van der Waals surface area contributed by atoms with Gasteiger partial charge in [0.15, 0.2) is 0 Å². The number of hydrogen-bond acceptors (Lipinski definition) is 0. The molecule has 3 rings (SSSR count). The highest BCUT2D eigenvalue weighted by Crippen LogP contribution is 2.60. The van der Waals surface area contributed by atoms with Crippen LogP contribution in [-0.4, -0.2) is 0 Å². The van der Waals surface area contributed by atoms with Crippen molar-refractivity contribution in [3.8, 4) is 0 Å². The fraction of sp³-hybridized carbons (Fsp3) is 1.00. The fourth-order valence-electron chi connectivity index (χ4n) is 5.84. The van der Waals surface area contributed by atoms with E-state index in [1.54, 1.807) is 12.8 Å². The van der Waals surface area contributed by atoms with Gasteiger partial charge in [0.25, 0.3) is 0 Å². The van der Waals surface area contributed by atoms with Crippen LogP contribution in [0.2, 0.25) is 0 Å². The lowest BCUT2D eigenvalue weighted by Crippen LogP contribution is -2.33. The van der Waals surface area contributed by atoms with Gasteiger partial charge in [0.1, 0.15) is 0 Å². The minimum Gasteiger partial charge on any atom is -0.0622 e. The minimum atomic E-state index is 1.02. The first kappa shape index (κ1) is 11.1. The molecule has 0 heteroatoms. The van der Waals surface area contributed by atoms with Crippen molar-refractivity contribution in [3.63, 3.8) is 0 Å². The van der Waals surface area contributed by atoms with E-state index >= 15 is 0 Å². The Morgan fingerprint density at radius 2 is 1.06 bits per heavy atom. The molecule has 3 aliphatic carbocycles. The van der Waals surface area contributed by atoms with Crippen LogP contribution in [0, 0.1) is 41.4 Å². The summed E-state index contributed by atoms with van der Waals surface area (Å²) in [5.41, 5.74) is 0. The second-order valence-electron chi connectivity index (χ2n) is 7.16. The van der Waals surface area contributed by atoms with E-state index in [4.69, 9.17) is 0 Å². The van der Waals surface area contributed by atoms with Crippen molar-refractivity contribution in [2.75, 3.05) is 0 Å². The molecule has 0 N–H and O–H groups in total. The summed E-state index contributed by atoms with van der Waals surface area (Å²) in [5.74, 6) is 7.49. The maximum absolute atomic E-state index is 2.58. The Balaban J connectivity index is 1.90. The minimum absolute atomic E-state index is 1.02. The number of rotatable bonds is 0. The molecule has 3 fully saturated rings. The molecule has 0 heterocycles. The summed E-state index contributed by atoms with van der Waals surface area (Å²) in [6.45, 7) is 7.68. The van der Waals surface area contributed by atoms with Gasteiger partial charge < -0.3 is 0 Å². The topological polar surface area (TPSA) is 0 Å². The molecule has 0 bridgehead atoms. The Bertz CT molecular complexity index is 231. The maximum atomic E-state index is 2.58. The van der Waals surface area contributed by atoms with Crippen LogP contribution in [0.4, 0.5) is 0 Å². The molecule has 0 spiro atoms. The summed E-state index contributed by atoms with van der Waals surface area (Å²) < 4.78 is 0. The summed E-state index contributed by atoms with van der Waals surface area (Å²) >= 11 is 0. The van der Waals surface area contributed by atoms with Crippen LogP contribution in [0.5, 0.6) is 0 Å². The summed E-state index contributed by atoms with van der Waals surface area (Å²) in [6, 6.07) is 0. The summed E-state index contributed by atoms with van der Waals surface area (Å²) in [7, 11) is 0. The molecule has 16 heavy (non-hydrogen) atoms. The highest BCUT2D eigenvalue weighted by molar-refractivity contribution is 5.01. The molecule has 6 unspecified atom stereocenters. The molecule has 0 aromatic carbocycles. The molecule has 3 saturated carbocycles. The fourth-order valence-corrected chi connectivity index (χ4v) is 5.84. The molecule has 92 valence electrons. The van der Waals surface area contributed by atoms with E-state index in [1.807, 2.05) is 0 Å². The van der Waals surface area contributed by atoms with Crippen LogP contribution in [0.1, 0.15) is 59.3 Å². The lowest BCUT2D eigenvalue weighted by atomic mass is 9.65. The van der Waals surface area contributed by atoms with Gasteiger partial charge in [0.2, 0.25) is 0 Å². The van der Waals surface area contributed by atoms with Crippen LogP contribution < -0.4 is 0 Å². The van der Waals surface area contributed by atoms with Crippen LogP contribution in [0.15, 0.2) is 0 Å². The van der Waals surface area contributed by atoms with Crippen LogP contribution in [-0.2, 0) is 0 Å². The van der Waals surface area contributed by atoms with Gasteiger partial charge in [-0.05, 0) is 54.3 Å². The SMILES string of the molecule is CC1CCCC2C(C)C3CCCC(C)C3C12. The molecule has 0 aromatic rings. The van der Waals surface area contributed by atoms with E-state index < -0.39 is 0 Å². The first-order valence-electron chi connectivity index (χ1n) is 7.70. The monoisotopic (exact) mass is 220 g/mol. The van der Waals surface area contributed by atoms with Crippen LogP contribution in [0.3, 0.4) is 0 Å². The summed E-state index contributed by atoms with van der Waals surface area (Å²) in [4.78, 5) is 0. The van der Waals surface area contributed by atoms with Gasteiger partial charge in [0, 0.05) is 0 Å². The molecular weight excluding hydrogens is 192 g/mol. The van der Waals surface area contributed by atoms with Gasteiger partial charge >= 0.3 is 0 Å². The third-order valence-electron chi connectivity index (χ3n) is 6.49. The van der Waals surface area contributed by atoms with E-state index in [2.05, 4.69) is 20.8 Å². The molecule has 0 radical (unpaired) electrons. The van der Waals surface area contributed by atoms with E-state index in [0.29, 0.717) is 0 Å². The van der Waals surface area contributed by atoms with E-state index in [9.17, 15) is 0 Å². The average molecular weight is 220 g/mol. The summed E-state index contributed by atoms with van der Waals surface area (Å²) in [5, 5.41) is 0. The van der Waals surface area contributed by atoms with Crippen molar-refractivity contribution in [2.24, 2.45) is 41.4 Å². The van der Waals surface area contributed by atoms with Crippen molar-refractivity contribution < 1.29 is 0 Å². The van der Waals surface area contributed by atoms with Crippen molar-refractivity contribution in [3.05, 3.63) is 0 Å². The van der Waals surface area contributed by atoms with E-state index in [0.717, 1.165) is 41.4 Å². The summed E-state index contributed by atoms with van der Waals surface area (Å²) in [6.07, 6.45) is 9.17. The highest BCUT2D eigenvalue weighted by Gasteiger charge is 2.53. The lowest BCUT2D eigenvalue weighted by molar-refractivity contribution is 0.0879. The van der Waals surface area contributed by atoms with Crippen molar-refractivity contribution in [1.82, 2.24) is 0 Å². The van der Waals surface area contributed by atoms with Crippen molar-refractivity contribution in [1.29, 1.82) is 0 Å². The third kappa shape index (κ3) is 1.48. The predicted molar refractivity (Wildman–Crippen MR) is 69.2 cm³/mol. The number of fused-ring (bicyclic) bond motifs is 3. The molecule has 0 amide bonds. The average Bonchev–Trinajstić information content (AvgIpc) is 2.56. The Labute approximate surface area is 101 Å². The number of hydrogen-bond donors (Lipinski definition) is 0. The van der Waals surface area contributed by atoms with Crippen LogP contribution in [0.25, 0.3) is 0 Å². The smallest absolute Gasteiger partial charge is 0.0324 e. The van der Waals surface area contributed by atoms with Gasteiger partial charge in [-0.2, -0.15) is 0 Å². The van der Waals surface area contributed by atoms with Crippen molar-refractivity contribution >= 4 is 0 Å². The molecule has 6 atom stereocenters. The molecule has 0 aromatic heterocycles. The first-order valence-corrected chi connectivity index (χ1v) is 7.70. The normalized spacial score (nSPS) is 56.8. The molecular formula is C16H28. The van der Waals surface area contributed by atoms with E-state index in [-0.39, 0.29) is 0 Å². The van der Waals surface area contributed by atoms with Gasteiger partial charge in [-0.3, -0.25) is 0 Å². The first-order chi connectivity index (χ1) is 7.70. The van der Waals surface area contributed by atoms with Crippen molar-refractivity contribution in [2.45, 2.75) is 59.3 Å². The quantitative estimate of drug-likeness (QED) is 0.553. The third-order valence-corrected chi connectivity index (χ3v) is 6.49. The molecule has 3 aliphatic rings.